The number of rotatable bonds is 8. The van der Waals surface area contributed by atoms with Gasteiger partial charge in [0.2, 0.25) is 0 Å². The molecule has 1 aromatic carbocycles. The number of hydrogen-bond donors (Lipinski definition) is 0. The molecule has 14 heteroatoms. The summed E-state index contributed by atoms with van der Waals surface area (Å²) in [6, 6.07) is 3.70. The zero-order valence-corrected chi connectivity index (χ0v) is 18.0. The first-order chi connectivity index (χ1) is 15.8. The monoisotopic (exact) mass is 532 g/mol. The second kappa shape index (κ2) is 9.72. The lowest BCUT2D eigenvalue weighted by molar-refractivity contribution is -0.427. The minimum Gasteiger partial charge on any atom is -0.423 e. The third-order valence-corrected chi connectivity index (χ3v) is 5.88. The van der Waals surface area contributed by atoms with Gasteiger partial charge in [-0.2, -0.15) is 48.3 Å². The maximum Gasteiger partial charge on any atom is 0.460 e. The van der Waals surface area contributed by atoms with Gasteiger partial charge in [0, 0.05) is 5.92 Å². The van der Waals surface area contributed by atoms with Crippen molar-refractivity contribution in [1.29, 1.82) is 0 Å². The molecule has 0 saturated heterocycles. The van der Waals surface area contributed by atoms with Crippen LogP contribution in [0.3, 0.4) is 0 Å². The maximum atomic E-state index is 14.2. The Balaban J connectivity index is 2.11. The molecular formula is C21H20F12O2. The van der Waals surface area contributed by atoms with Crippen LogP contribution in [0, 0.1) is 17.7 Å². The van der Waals surface area contributed by atoms with Crippen LogP contribution >= 0.6 is 0 Å². The largest absolute Gasteiger partial charge is 0.460 e. The Morgan fingerprint density at radius 2 is 1.40 bits per heavy atom. The molecule has 1 aliphatic rings. The van der Waals surface area contributed by atoms with E-state index in [0.717, 1.165) is 12.1 Å². The molecular weight excluding hydrogens is 512 g/mol. The molecule has 35 heavy (non-hydrogen) atoms. The first-order valence-electron chi connectivity index (χ1n) is 10.4. The van der Waals surface area contributed by atoms with E-state index in [1.54, 1.807) is 0 Å². The van der Waals surface area contributed by atoms with Crippen molar-refractivity contribution >= 4 is 5.97 Å². The van der Waals surface area contributed by atoms with Gasteiger partial charge in [-0.1, -0.05) is 19.4 Å². The molecule has 200 valence electrons. The average molecular weight is 532 g/mol. The molecule has 1 aliphatic carbocycles. The molecule has 0 N–H and O–H groups in total. The molecule has 1 fully saturated rings. The van der Waals surface area contributed by atoms with Crippen LogP contribution in [0.25, 0.3) is 0 Å². The number of carbonyl (C=O) groups is 1. The van der Waals surface area contributed by atoms with E-state index in [-0.39, 0.29) is 0 Å². The summed E-state index contributed by atoms with van der Waals surface area (Å²) in [6.07, 6.45) is -9.49. The smallest absolute Gasteiger partial charge is 0.423 e. The van der Waals surface area contributed by atoms with Crippen molar-refractivity contribution in [2.75, 3.05) is 0 Å². The number of hydrogen-bond acceptors (Lipinski definition) is 2. The van der Waals surface area contributed by atoms with Crippen molar-refractivity contribution in [3.8, 4) is 5.75 Å². The first-order valence-corrected chi connectivity index (χ1v) is 10.4. The van der Waals surface area contributed by atoms with Gasteiger partial charge in [0.05, 0.1) is 5.92 Å². The summed E-state index contributed by atoms with van der Waals surface area (Å²) in [6.45, 7) is 1.84. The first kappa shape index (κ1) is 29.1. The topological polar surface area (TPSA) is 26.3 Å². The fourth-order valence-corrected chi connectivity index (χ4v) is 3.80. The van der Waals surface area contributed by atoms with E-state index in [1.165, 1.54) is 6.07 Å². The molecule has 1 saturated carbocycles. The minimum absolute atomic E-state index is 0.497. The molecule has 0 heterocycles. The third-order valence-electron chi connectivity index (χ3n) is 5.88. The van der Waals surface area contributed by atoms with E-state index < -0.39 is 84.9 Å². The van der Waals surface area contributed by atoms with Crippen molar-refractivity contribution < 1.29 is 62.2 Å². The lowest BCUT2D eigenvalue weighted by Gasteiger charge is -2.41. The number of aryl methyl sites for hydroxylation is 1. The number of esters is 1. The van der Waals surface area contributed by atoms with E-state index in [0.29, 0.717) is 18.4 Å². The van der Waals surface area contributed by atoms with Crippen LogP contribution in [0.4, 0.5) is 52.7 Å². The van der Waals surface area contributed by atoms with Gasteiger partial charge in [-0.25, -0.2) is 4.39 Å². The zero-order valence-electron chi connectivity index (χ0n) is 18.0. The summed E-state index contributed by atoms with van der Waals surface area (Å²) in [5, 5.41) is 0. The molecule has 0 unspecified atom stereocenters. The van der Waals surface area contributed by atoms with E-state index >= 15 is 0 Å². The number of alkyl halides is 11. The van der Waals surface area contributed by atoms with Gasteiger partial charge in [0.15, 0.2) is 11.6 Å². The molecule has 1 aromatic rings. The van der Waals surface area contributed by atoms with E-state index in [1.807, 2.05) is 6.92 Å². The standard InChI is InChI=1S/C21H20F12O2/c1-2-3-11-4-9-15(14(22)10-11)35-16(34)12-5-7-13(8-6-12)17(23,24)18(25,26)19(27,28)20(29,30)21(31,32)33/h4,9-10,12-13H,2-3,5-8H2,1H3. The van der Waals surface area contributed by atoms with Gasteiger partial charge in [-0.05, 0) is 49.8 Å². The molecule has 0 atom stereocenters. The van der Waals surface area contributed by atoms with Gasteiger partial charge in [-0.3, -0.25) is 4.79 Å². The fourth-order valence-electron chi connectivity index (χ4n) is 3.80. The highest BCUT2D eigenvalue weighted by Gasteiger charge is 2.87. The van der Waals surface area contributed by atoms with Gasteiger partial charge < -0.3 is 4.74 Å². The molecule has 0 aliphatic heterocycles. The molecule has 0 radical (unpaired) electrons. The Kier molecular flexibility index (Phi) is 8.07. The number of ether oxygens (including phenoxy) is 1. The lowest BCUT2D eigenvalue weighted by atomic mass is 9.76. The van der Waals surface area contributed by atoms with Gasteiger partial charge >= 0.3 is 35.8 Å². The Hall–Kier alpha value is -2.15. The van der Waals surface area contributed by atoms with Crippen LogP contribution in [0.2, 0.25) is 0 Å². The molecule has 0 spiro atoms. The predicted octanol–water partition coefficient (Wildman–Crippen LogP) is 7.59. The second-order valence-corrected chi connectivity index (χ2v) is 8.33. The van der Waals surface area contributed by atoms with Gasteiger partial charge in [0.25, 0.3) is 0 Å². The van der Waals surface area contributed by atoms with Gasteiger partial charge in [0.1, 0.15) is 0 Å². The summed E-state index contributed by atoms with van der Waals surface area (Å²) in [7, 11) is 0. The lowest BCUT2D eigenvalue weighted by Crippen LogP contribution is -2.67. The molecule has 2 nitrogen and oxygen atoms in total. The third kappa shape index (κ3) is 5.20. The summed E-state index contributed by atoms with van der Waals surface area (Å²) in [5.74, 6) is -34.5. The summed E-state index contributed by atoms with van der Waals surface area (Å²) in [5.41, 5.74) is 0.598. The van der Waals surface area contributed by atoms with Gasteiger partial charge in [-0.15, -0.1) is 0 Å². The fraction of sp³-hybridized carbons (Fsp3) is 0.667. The van der Waals surface area contributed by atoms with Crippen LogP contribution in [-0.4, -0.2) is 35.8 Å². The quantitative estimate of drug-likeness (QED) is 0.196. The SMILES string of the molecule is CCCc1ccc(OC(=O)C2CCC(C(F)(F)C(F)(F)C(F)(F)C(F)(F)C(F)(F)F)CC2)c(F)c1. The predicted molar refractivity (Wildman–Crippen MR) is 97.3 cm³/mol. The molecule has 0 bridgehead atoms. The number of halogens is 12. The Bertz CT molecular complexity index is 902. The van der Waals surface area contributed by atoms with Crippen molar-refractivity contribution in [2.45, 2.75) is 75.3 Å². The minimum atomic E-state index is -7.46. The van der Waals surface area contributed by atoms with Crippen molar-refractivity contribution in [3.05, 3.63) is 29.6 Å². The average Bonchev–Trinajstić information content (AvgIpc) is 2.74. The van der Waals surface area contributed by atoms with Crippen LogP contribution in [0.15, 0.2) is 18.2 Å². The van der Waals surface area contributed by atoms with Crippen molar-refractivity contribution in [1.82, 2.24) is 0 Å². The Labute approximate surface area is 191 Å². The highest BCUT2D eigenvalue weighted by Crippen LogP contribution is 2.60. The zero-order chi connectivity index (χ0) is 27.0. The maximum absolute atomic E-state index is 14.2. The summed E-state index contributed by atoms with van der Waals surface area (Å²) >= 11 is 0. The van der Waals surface area contributed by atoms with E-state index in [9.17, 15) is 57.5 Å². The highest BCUT2D eigenvalue weighted by molar-refractivity contribution is 5.75. The van der Waals surface area contributed by atoms with E-state index in [4.69, 9.17) is 4.74 Å². The van der Waals surface area contributed by atoms with Crippen LogP contribution in [-0.2, 0) is 11.2 Å². The number of benzene rings is 1. The molecule has 0 amide bonds. The highest BCUT2D eigenvalue weighted by atomic mass is 19.4. The second-order valence-electron chi connectivity index (χ2n) is 8.33. The summed E-state index contributed by atoms with van der Waals surface area (Å²) in [4.78, 5) is 12.2. The Morgan fingerprint density at radius 3 is 1.86 bits per heavy atom. The Morgan fingerprint density at radius 1 is 0.857 bits per heavy atom. The molecule has 2 rings (SSSR count). The summed E-state index contributed by atoms with van der Waals surface area (Å²) < 4.78 is 165. The van der Waals surface area contributed by atoms with Crippen LogP contribution in [0.1, 0.15) is 44.6 Å². The van der Waals surface area contributed by atoms with E-state index in [2.05, 4.69) is 0 Å². The van der Waals surface area contributed by atoms with Crippen LogP contribution in [0.5, 0.6) is 5.75 Å². The van der Waals surface area contributed by atoms with Crippen molar-refractivity contribution in [2.24, 2.45) is 11.8 Å². The van der Waals surface area contributed by atoms with Crippen LogP contribution < -0.4 is 4.74 Å². The number of carbonyl (C=O) groups excluding carboxylic acids is 1. The molecule has 0 aromatic heterocycles. The normalized spacial score (nSPS) is 20.6. The van der Waals surface area contributed by atoms with Crippen molar-refractivity contribution in [3.63, 3.8) is 0 Å².